The van der Waals surface area contributed by atoms with Crippen molar-refractivity contribution in [2.75, 3.05) is 31.1 Å². The average Bonchev–Trinajstić information content (AvgIpc) is 2.73. The molecule has 1 fully saturated rings. The Morgan fingerprint density at radius 1 is 0.897 bits per heavy atom. The van der Waals surface area contributed by atoms with Crippen molar-refractivity contribution in [1.29, 1.82) is 0 Å². The summed E-state index contributed by atoms with van der Waals surface area (Å²) in [5, 5.41) is 21.2. The molecule has 1 heterocycles. The summed E-state index contributed by atoms with van der Waals surface area (Å²) in [6.45, 7) is 4.27. The first-order valence-corrected chi connectivity index (χ1v) is 9.92. The number of carbonyl (C=O) groups is 1. The van der Waals surface area contributed by atoms with Crippen molar-refractivity contribution in [1.82, 2.24) is 4.90 Å². The molecule has 1 atom stereocenters. The average molecular weight is 416 g/mol. The summed E-state index contributed by atoms with van der Waals surface area (Å²) in [6, 6.07) is 12.6. The molecule has 29 heavy (non-hydrogen) atoms. The van der Waals surface area contributed by atoms with Gasteiger partial charge in [-0.25, -0.2) is 0 Å². The Hall–Kier alpha value is -3.14. The lowest BCUT2D eigenvalue weighted by Gasteiger charge is -2.37. The van der Waals surface area contributed by atoms with Crippen LogP contribution in [0.15, 0.2) is 53.4 Å². The van der Waals surface area contributed by atoms with Crippen molar-refractivity contribution in [2.24, 2.45) is 0 Å². The zero-order valence-corrected chi connectivity index (χ0v) is 16.6. The van der Waals surface area contributed by atoms with Crippen LogP contribution in [0.3, 0.4) is 0 Å². The summed E-state index contributed by atoms with van der Waals surface area (Å²) in [5.74, 6) is 0.0247. The summed E-state index contributed by atoms with van der Waals surface area (Å²) in [4.78, 5) is 38.1. The number of piperazine rings is 1. The van der Waals surface area contributed by atoms with Crippen molar-refractivity contribution < 1.29 is 14.6 Å². The van der Waals surface area contributed by atoms with Gasteiger partial charge in [-0.1, -0.05) is 0 Å². The molecule has 1 aliphatic heterocycles. The molecule has 3 rings (SSSR count). The first-order valence-electron chi connectivity index (χ1n) is 9.04. The number of carbonyl (C=O) groups excluding carboxylic acids is 1. The van der Waals surface area contributed by atoms with E-state index in [1.54, 1.807) is 24.3 Å². The lowest BCUT2D eigenvalue weighted by Crippen LogP contribution is -2.50. The molecule has 2 aromatic rings. The maximum absolute atomic E-state index is 12.7. The molecule has 0 aromatic heterocycles. The van der Waals surface area contributed by atoms with Gasteiger partial charge in [-0.2, -0.15) is 0 Å². The molecule has 1 saturated heterocycles. The quantitative estimate of drug-likeness (QED) is 0.403. The van der Waals surface area contributed by atoms with E-state index in [9.17, 15) is 25.0 Å². The van der Waals surface area contributed by atoms with Crippen LogP contribution in [0, 0.1) is 20.2 Å². The van der Waals surface area contributed by atoms with Gasteiger partial charge < -0.3 is 9.80 Å². The second kappa shape index (κ2) is 8.91. The summed E-state index contributed by atoms with van der Waals surface area (Å²) in [6.07, 6.45) is 0. The minimum Gasteiger partial charge on any atom is -0.368 e. The molecule has 1 aliphatic rings. The van der Waals surface area contributed by atoms with Crippen molar-refractivity contribution in [3.8, 4) is 0 Å². The van der Waals surface area contributed by atoms with Crippen LogP contribution in [0.1, 0.15) is 6.92 Å². The molecule has 152 valence electrons. The first kappa shape index (κ1) is 20.6. The number of nitro groups is 2. The van der Waals surface area contributed by atoms with Crippen LogP contribution < -0.4 is 4.90 Å². The summed E-state index contributed by atoms with van der Waals surface area (Å²) < 4.78 is 0. The number of hydrogen-bond acceptors (Lipinski definition) is 7. The number of hydrogen-bond donors (Lipinski definition) is 0. The summed E-state index contributed by atoms with van der Waals surface area (Å²) in [5.41, 5.74) is 0.978. The van der Waals surface area contributed by atoms with E-state index in [1.165, 1.54) is 36.0 Å². The molecular weight excluding hydrogens is 396 g/mol. The van der Waals surface area contributed by atoms with Gasteiger partial charge in [0.1, 0.15) is 0 Å². The van der Waals surface area contributed by atoms with Gasteiger partial charge >= 0.3 is 0 Å². The minimum atomic E-state index is -0.451. The molecule has 0 spiro atoms. The molecule has 0 saturated carbocycles. The van der Waals surface area contributed by atoms with Crippen LogP contribution in [-0.2, 0) is 4.79 Å². The molecule has 0 radical (unpaired) electrons. The largest absolute Gasteiger partial charge is 0.368 e. The lowest BCUT2D eigenvalue weighted by atomic mass is 10.2. The molecule has 2 aromatic carbocycles. The third-order valence-corrected chi connectivity index (χ3v) is 5.82. The van der Waals surface area contributed by atoms with Crippen molar-refractivity contribution >= 4 is 34.7 Å². The second-order valence-electron chi connectivity index (χ2n) is 6.60. The molecule has 1 unspecified atom stereocenters. The Morgan fingerprint density at radius 3 is 1.86 bits per heavy atom. The van der Waals surface area contributed by atoms with Gasteiger partial charge in [0.05, 0.1) is 15.1 Å². The minimum absolute atomic E-state index is 0.0238. The summed E-state index contributed by atoms with van der Waals surface area (Å²) in [7, 11) is 0. The Labute approximate surface area is 171 Å². The van der Waals surface area contributed by atoms with E-state index in [1.807, 2.05) is 11.8 Å². The highest BCUT2D eigenvalue weighted by molar-refractivity contribution is 8.00. The Morgan fingerprint density at radius 2 is 1.38 bits per heavy atom. The van der Waals surface area contributed by atoms with E-state index in [-0.39, 0.29) is 22.5 Å². The standard InChI is InChI=1S/C19H20N4O5S/c1-14(29-18-8-6-17(7-9-18)23(27)28)19(24)21-12-10-20(11-13-21)15-2-4-16(5-3-15)22(25)26/h2-9,14H,10-13H2,1H3. The van der Waals surface area contributed by atoms with Crippen molar-refractivity contribution in [2.45, 2.75) is 17.1 Å². The number of rotatable bonds is 6. The molecule has 10 heteroatoms. The van der Waals surface area contributed by atoms with Crippen LogP contribution in [0.25, 0.3) is 0 Å². The third kappa shape index (κ3) is 5.02. The van der Waals surface area contributed by atoms with Gasteiger partial charge in [-0.15, -0.1) is 11.8 Å². The second-order valence-corrected chi connectivity index (χ2v) is 8.01. The van der Waals surface area contributed by atoms with E-state index < -0.39 is 9.85 Å². The Bertz CT molecular complexity index is 896. The van der Waals surface area contributed by atoms with Crippen LogP contribution in [0.4, 0.5) is 17.1 Å². The van der Waals surface area contributed by atoms with E-state index in [2.05, 4.69) is 4.90 Å². The fraction of sp³-hybridized carbons (Fsp3) is 0.316. The molecule has 0 N–H and O–H groups in total. The van der Waals surface area contributed by atoms with Gasteiger partial charge in [-0.05, 0) is 31.2 Å². The Balaban J connectivity index is 1.53. The van der Waals surface area contributed by atoms with Gasteiger partial charge in [0.25, 0.3) is 11.4 Å². The fourth-order valence-corrected chi connectivity index (χ4v) is 4.08. The van der Waals surface area contributed by atoms with Crippen molar-refractivity contribution in [3.63, 3.8) is 0 Å². The maximum atomic E-state index is 12.7. The number of anilines is 1. The monoisotopic (exact) mass is 416 g/mol. The molecule has 0 aliphatic carbocycles. The third-order valence-electron chi connectivity index (χ3n) is 4.73. The SMILES string of the molecule is CC(Sc1ccc([N+](=O)[O-])cc1)C(=O)N1CCN(c2ccc([N+](=O)[O-])cc2)CC1. The van der Waals surface area contributed by atoms with E-state index in [0.29, 0.717) is 26.2 Å². The Kier molecular flexibility index (Phi) is 6.32. The molecule has 0 bridgehead atoms. The first-order chi connectivity index (χ1) is 13.8. The lowest BCUT2D eigenvalue weighted by molar-refractivity contribution is -0.385. The topological polar surface area (TPSA) is 110 Å². The number of thioether (sulfide) groups is 1. The fourth-order valence-electron chi connectivity index (χ4n) is 3.13. The van der Waals surface area contributed by atoms with Gasteiger partial charge in [0, 0.05) is 61.0 Å². The van der Waals surface area contributed by atoms with Crippen LogP contribution >= 0.6 is 11.8 Å². The summed E-state index contributed by atoms with van der Waals surface area (Å²) >= 11 is 1.38. The highest BCUT2D eigenvalue weighted by atomic mass is 32.2. The van der Waals surface area contributed by atoms with Gasteiger partial charge in [-0.3, -0.25) is 25.0 Å². The number of nitrogens with zero attached hydrogens (tertiary/aromatic N) is 4. The number of amides is 1. The molecule has 1 amide bonds. The van der Waals surface area contributed by atoms with E-state index in [4.69, 9.17) is 0 Å². The highest BCUT2D eigenvalue weighted by Gasteiger charge is 2.26. The normalized spacial score (nSPS) is 15.1. The van der Waals surface area contributed by atoms with E-state index in [0.717, 1.165) is 10.6 Å². The predicted molar refractivity (Wildman–Crippen MR) is 110 cm³/mol. The van der Waals surface area contributed by atoms with Gasteiger partial charge in [0.15, 0.2) is 0 Å². The maximum Gasteiger partial charge on any atom is 0.269 e. The van der Waals surface area contributed by atoms with Crippen molar-refractivity contribution in [3.05, 3.63) is 68.8 Å². The van der Waals surface area contributed by atoms with Crippen LogP contribution in [-0.4, -0.2) is 52.1 Å². The number of benzene rings is 2. The zero-order valence-electron chi connectivity index (χ0n) is 15.8. The molecule has 9 nitrogen and oxygen atoms in total. The van der Waals surface area contributed by atoms with Crippen LogP contribution in [0.2, 0.25) is 0 Å². The molecular formula is C19H20N4O5S. The van der Waals surface area contributed by atoms with E-state index >= 15 is 0 Å². The number of non-ortho nitro benzene ring substituents is 2. The highest BCUT2D eigenvalue weighted by Crippen LogP contribution is 2.27. The van der Waals surface area contributed by atoms with Gasteiger partial charge in [0.2, 0.25) is 5.91 Å². The predicted octanol–water partition coefficient (Wildman–Crippen LogP) is 3.33. The number of nitro benzene ring substituents is 2. The van der Waals surface area contributed by atoms with Crippen LogP contribution in [0.5, 0.6) is 0 Å². The smallest absolute Gasteiger partial charge is 0.269 e. The zero-order chi connectivity index (χ0) is 21.0.